The summed E-state index contributed by atoms with van der Waals surface area (Å²) in [5.74, 6) is 0.480. The SMILES string of the molecule is CCc1cc2c(c(NC(=O)NS(=O)c3cnn4c3OCCC4)c1CC)CCC2. The Morgan fingerprint density at radius 2 is 2.14 bits per heavy atom. The van der Waals surface area contributed by atoms with Gasteiger partial charge in [0, 0.05) is 18.7 Å². The Hall–Kier alpha value is -2.35. The average molecular weight is 403 g/mol. The molecule has 150 valence electrons. The minimum atomic E-state index is -1.73. The van der Waals surface area contributed by atoms with Crippen molar-refractivity contribution in [1.29, 1.82) is 0 Å². The van der Waals surface area contributed by atoms with Crippen LogP contribution in [-0.4, -0.2) is 26.6 Å². The van der Waals surface area contributed by atoms with Gasteiger partial charge in [0.1, 0.15) is 4.90 Å². The molecule has 2 amide bonds. The highest BCUT2D eigenvalue weighted by atomic mass is 32.2. The number of ether oxygens (including phenoxy) is 1. The number of amides is 2. The van der Waals surface area contributed by atoms with Crippen molar-refractivity contribution in [3.63, 3.8) is 0 Å². The first-order valence-corrected chi connectivity index (χ1v) is 11.1. The molecule has 0 radical (unpaired) electrons. The lowest BCUT2D eigenvalue weighted by Crippen LogP contribution is -2.31. The van der Waals surface area contributed by atoms with Gasteiger partial charge in [-0.15, -0.1) is 0 Å². The maximum atomic E-state index is 12.7. The van der Waals surface area contributed by atoms with Gasteiger partial charge in [-0.3, -0.25) is 4.72 Å². The van der Waals surface area contributed by atoms with Crippen LogP contribution >= 0.6 is 0 Å². The van der Waals surface area contributed by atoms with Crippen LogP contribution in [-0.2, 0) is 43.2 Å². The van der Waals surface area contributed by atoms with E-state index in [1.54, 1.807) is 4.68 Å². The van der Waals surface area contributed by atoms with E-state index in [4.69, 9.17) is 4.74 Å². The van der Waals surface area contributed by atoms with E-state index in [1.807, 2.05) is 0 Å². The third-order valence-electron chi connectivity index (χ3n) is 5.47. The summed E-state index contributed by atoms with van der Waals surface area (Å²) in [6, 6.07) is 1.82. The summed E-state index contributed by atoms with van der Waals surface area (Å²) in [5.41, 5.74) is 5.90. The summed E-state index contributed by atoms with van der Waals surface area (Å²) in [7, 11) is -1.73. The van der Waals surface area contributed by atoms with E-state index in [2.05, 4.69) is 35.1 Å². The fraction of sp³-hybridized carbons (Fsp3) is 0.500. The zero-order valence-electron chi connectivity index (χ0n) is 16.3. The summed E-state index contributed by atoms with van der Waals surface area (Å²) >= 11 is 0. The smallest absolute Gasteiger partial charge is 0.331 e. The molecule has 7 nitrogen and oxygen atoms in total. The van der Waals surface area contributed by atoms with Crippen LogP contribution in [0.5, 0.6) is 5.88 Å². The molecular weight excluding hydrogens is 376 g/mol. The van der Waals surface area contributed by atoms with Gasteiger partial charge < -0.3 is 10.1 Å². The third kappa shape index (κ3) is 3.41. The van der Waals surface area contributed by atoms with E-state index in [9.17, 15) is 9.00 Å². The number of carbonyl (C=O) groups excluding carboxylic acids is 1. The molecule has 0 saturated heterocycles. The Morgan fingerprint density at radius 1 is 1.29 bits per heavy atom. The molecule has 1 unspecified atom stereocenters. The number of fused-ring (bicyclic) bond motifs is 2. The van der Waals surface area contributed by atoms with Gasteiger partial charge in [-0.2, -0.15) is 5.10 Å². The predicted octanol–water partition coefficient (Wildman–Crippen LogP) is 3.12. The highest BCUT2D eigenvalue weighted by Crippen LogP contribution is 2.35. The lowest BCUT2D eigenvalue weighted by Gasteiger charge is -2.19. The highest BCUT2D eigenvalue weighted by molar-refractivity contribution is 7.83. The Kier molecular flexibility index (Phi) is 5.39. The molecule has 4 rings (SSSR count). The van der Waals surface area contributed by atoms with Gasteiger partial charge in [0.05, 0.1) is 12.8 Å². The number of urea groups is 1. The largest absolute Gasteiger partial charge is 0.477 e. The van der Waals surface area contributed by atoms with Crippen LogP contribution in [0.25, 0.3) is 0 Å². The van der Waals surface area contributed by atoms with Crippen LogP contribution in [0.1, 0.15) is 48.9 Å². The molecule has 0 bridgehead atoms. The molecule has 0 saturated carbocycles. The van der Waals surface area contributed by atoms with Crippen molar-refractivity contribution in [1.82, 2.24) is 14.5 Å². The lowest BCUT2D eigenvalue weighted by atomic mass is 9.94. The van der Waals surface area contributed by atoms with Crippen LogP contribution in [0.2, 0.25) is 0 Å². The molecule has 2 heterocycles. The molecule has 1 aromatic heterocycles. The Morgan fingerprint density at radius 3 is 2.93 bits per heavy atom. The van der Waals surface area contributed by atoms with Crippen molar-refractivity contribution < 1.29 is 13.7 Å². The predicted molar refractivity (Wildman–Crippen MR) is 108 cm³/mol. The van der Waals surface area contributed by atoms with Gasteiger partial charge in [-0.25, -0.2) is 13.7 Å². The number of benzene rings is 1. The molecule has 1 aliphatic carbocycles. The fourth-order valence-corrected chi connectivity index (χ4v) is 4.97. The normalized spacial score (nSPS) is 16.1. The number of aromatic nitrogens is 2. The molecule has 2 N–H and O–H groups in total. The fourth-order valence-electron chi connectivity index (χ4n) is 4.17. The lowest BCUT2D eigenvalue weighted by molar-refractivity contribution is 0.224. The van der Waals surface area contributed by atoms with Crippen molar-refractivity contribution in [2.75, 3.05) is 11.9 Å². The van der Waals surface area contributed by atoms with Crippen LogP contribution < -0.4 is 14.8 Å². The summed E-state index contributed by atoms with van der Waals surface area (Å²) in [4.78, 5) is 13.1. The second-order valence-electron chi connectivity index (χ2n) is 7.15. The zero-order valence-corrected chi connectivity index (χ0v) is 17.2. The van der Waals surface area contributed by atoms with Crippen molar-refractivity contribution in [2.45, 2.75) is 63.8 Å². The summed E-state index contributed by atoms with van der Waals surface area (Å²) < 4.78 is 22.5. The van der Waals surface area contributed by atoms with Crippen molar-refractivity contribution in [3.05, 3.63) is 34.5 Å². The number of anilines is 1. The van der Waals surface area contributed by atoms with Crippen molar-refractivity contribution in [2.24, 2.45) is 0 Å². The van der Waals surface area contributed by atoms with Gasteiger partial charge >= 0.3 is 6.03 Å². The van der Waals surface area contributed by atoms with E-state index in [1.165, 1.54) is 28.5 Å². The number of aryl methyl sites for hydroxylation is 3. The number of carbonyl (C=O) groups is 1. The Labute approximate surface area is 167 Å². The molecule has 0 spiro atoms. The maximum Gasteiger partial charge on any atom is 0.331 e. The quantitative estimate of drug-likeness (QED) is 0.805. The molecule has 0 fully saturated rings. The second-order valence-corrected chi connectivity index (χ2v) is 8.33. The van der Waals surface area contributed by atoms with Crippen LogP contribution in [0, 0.1) is 0 Å². The summed E-state index contributed by atoms with van der Waals surface area (Å²) in [6.45, 7) is 5.54. The van der Waals surface area contributed by atoms with Gasteiger partial charge in [0.2, 0.25) is 5.88 Å². The summed E-state index contributed by atoms with van der Waals surface area (Å²) in [5, 5.41) is 7.19. The number of hydrogen-bond donors (Lipinski definition) is 2. The monoisotopic (exact) mass is 402 g/mol. The first-order valence-electron chi connectivity index (χ1n) is 9.96. The molecule has 1 aliphatic heterocycles. The summed E-state index contributed by atoms with van der Waals surface area (Å²) in [6.07, 6.45) is 7.27. The van der Waals surface area contributed by atoms with Gasteiger partial charge in [-0.05, 0) is 54.4 Å². The van der Waals surface area contributed by atoms with E-state index in [0.29, 0.717) is 17.4 Å². The van der Waals surface area contributed by atoms with Crippen LogP contribution in [0.4, 0.5) is 10.5 Å². The van der Waals surface area contributed by atoms with Gasteiger partial charge in [0.15, 0.2) is 11.0 Å². The van der Waals surface area contributed by atoms with Crippen LogP contribution in [0.15, 0.2) is 17.2 Å². The minimum absolute atomic E-state index is 0.401. The first-order chi connectivity index (χ1) is 13.6. The maximum absolute atomic E-state index is 12.7. The second kappa shape index (κ2) is 7.95. The Bertz CT molecular complexity index is 938. The number of rotatable bonds is 5. The average Bonchev–Trinajstić information content (AvgIpc) is 3.34. The van der Waals surface area contributed by atoms with E-state index >= 15 is 0 Å². The molecule has 2 aliphatic rings. The van der Waals surface area contributed by atoms with Crippen molar-refractivity contribution in [3.8, 4) is 5.88 Å². The molecule has 8 heteroatoms. The van der Waals surface area contributed by atoms with E-state index in [-0.39, 0.29) is 0 Å². The minimum Gasteiger partial charge on any atom is -0.477 e. The molecule has 1 aromatic carbocycles. The standard InChI is InChI=1S/C20H26N4O3S/c1-3-13-11-14-7-5-8-16(14)18(15(13)4-2)22-20(25)23-28(26)17-12-21-24-9-6-10-27-19(17)24/h11-12H,3-10H2,1-2H3,(H2,22,23,25). The zero-order chi connectivity index (χ0) is 19.7. The molecule has 1 atom stereocenters. The van der Waals surface area contributed by atoms with E-state index in [0.717, 1.165) is 50.8 Å². The molecular formula is C20H26N4O3S. The number of hydrogen-bond acceptors (Lipinski definition) is 4. The number of nitrogens with zero attached hydrogens (tertiary/aromatic N) is 2. The first kappa shape index (κ1) is 19.0. The van der Waals surface area contributed by atoms with Crippen molar-refractivity contribution >= 4 is 22.7 Å². The topological polar surface area (TPSA) is 85.3 Å². The van der Waals surface area contributed by atoms with Gasteiger partial charge in [0.25, 0.3) is 0 Å². The molecule has 2 aromatic rings. The van der Waals surface area contributed by atoms with Crippen LogP contribution in [0.3, 0.4) is 0 Å². The highest BCUT2D eigenvalue weighted by Gasteiger charge is 2.24. The number of nitrogens with one attached hydrogen (secondary N) is 2. The third-order valence-corrected chi connectivity index (χ3v) is 6.52. The van der Waals surface area contributed by atoms with E-state index < -0.39 is 17.0 Å². The van der Waals surface area contributed by atoms with Gasteiger partial charge in [-0.1, -0.05) is 19.9 Å². The molecule has 28 heavy (non-hydrogen) atoms. The Balaban J connectivity index is 1.55.